The quantitative estimate of drug-likeness (QED) is 0.795. The van der Waals surface area contributed by atoms with Crippen molar-refractivity contribution < 1.29 is 9.53 Å². The van der Waals surface area contributed by atoms with Crippen LogP contribution in [-0.4, -0.2) is 28.0 Å². The highest BCUT2D eigenvalue weighted by atomic mass is 32.2. The summed E-state index contributed by atoms with van der Waals surface area (Å²) in [5.41, 5.74) is 2.64. The predicted molar refractivity (Wildman–Crippen MR) is 99.0 cm³/mol. The van der Waals surface area contributed by atoms with E-state index in [9.17, 15) is 4.79 Å². The van der Waals surface area contributed by atoms with Gasteiger partial charge in [-0.2, -0.15) is 5.10 Å². The maximum absolute atomic E-state index is 12.5. The van der Waals surface area contributed by atoms with Gasteiger partial charge >= 0.3 is 0 Å². The minimum absolute atomic E-state index is 0.0228. The van der Waals surface area contributed by atoms with Gasteiger partial charge in [-0.25, -0.2) is 0 Å². The molecule has 1 heterocycles. The molecule has 0 bridgehead atoms. The number of hydrogen-bond acceptors (Lipinski definition) is 4. The second-order valence-corrected chi connectivity index (χ2v) is 7.42. The Bertz CT molecular complexity index is 708. The molecule has 0 aliphatic carbocycles. The molecule has 0 unspecified atom stereocenters. The van der Waals surface area contributed by atoms with E-state index < -0.39 is 0 Å². The number of carbonyl (C=O) groups is 1. The molecular formula is C18H25N3O2S. The van der Waals surface area contributed by atoms with Gasteiger partial charge in [0.25, 0.3) is 0 Å². The maximum atomic E-state index is 12.5. The normalized spacial score (nSPS) is 12.3. The molecule has 1 aromatic heterocycles. The van der Waals surface area contributed by atoms with Crippen LogP contribution in [0.1, 0.15) is 38.2 Å². The number of ether oxygens (including phenoxy) is 1. The van der Waals surface area contributed by atoms with E-state index in [0.29, 0.717) is 0 Å². The standard InChI is InChI=1S/C18H25N3O2S/c1-11(2)21-13(4)17(12(3)20-21)19-18(22)14(5)24-16-9-7-15(23-6)8-10-16/h7-11,14H,1-6H3,(H,19,22)/t14-/m1/s1. The van der Waals surface area contributed by atoms with Crippen molar-refractivity contribution in [3.8, 4) is 5.75 Å². The van der Waals surface area contributed by atoms with Crippen molar-refractivity contribution in [2.24, 2.45) is 0 Å². The second kappa shape index (κ2) is 7.75. The fourth-order valence-electron chi connectivity index (χ4n) is 2.48. The SMILES string of the molecule is COc1ccc(S[C@H](C)C(=O)Nc2c(C)nn(C(C)C)c2C)cc1. The van der Waals surface area contributed by atoms with Gasteiger partial charge in [0.05, 0.1) is 29.4 Å². The molecule has 0 radical (unpaired) electrons. The van der Waals surface area contributed by atoms with Crippen LogP contribution in [0.4, 0.5) is 5.69 Å². The summed E-state index contributed by atoms with van der Waals surface area (Å²) < 4.78 is 7.09. The number of benzene rings is 1. The Morgan fingerprint density at radius 3 is 2.33 bits per heavy atom. The Morgan fingerprint density at radius 1 is 1.21 bits per heavy atom. The molecule has 0 aliphatic heterocycles. The number of methoxy groups -OCH3 is 1. The Kier molecular flexibility index (Phi) is 5.94. The summed E-state index contributed by atoms with van der Waals surface area (Å²) in [7, 11) is 1.64. The van der Waals surface area contributed by atoms with E-state index in [-0.39, 0.29) is 17.2 Å². The molecule has 0 saturated carbocycles. The molecule has 1 aromatic carbocycles. The number of aromatic nitrogens is 2. The fraction of sp³-hybridized carbons (Fsp3) is 0.444. The van der Waals surface area contributed by atoms with Crippen LogP contribution in [-0.2, 0) is 4.79 Å². The van der Waals surface area contributed by atoms with Gasteiger partial charge in [-0.3, -0.25) is 9.48 Å². The van der Waals surface area contributed by atoms with Crippen molar-refractivity contribution in [3.05, 3.63) is 35.7 Å². The van der Waals surface area contributed by atoms with Crippen molar-refractivity contribution in [1.29, 1.82) is 0 Å². The Balaban J connectivity index is 2.06. The first-order valence-corrected chi connectivity index (χ1v) is 8.88. The Labute approximate surface area is 147 Å². The fourth-order valence-corrected chi connectivity index (χ4v) is 3.35. The van der Waals surface area contributed by atoms with E-state index in [4.69, 9.17) is 4.74 Å². The zero-order chi connectivity index (χ0) is 17.9. The van der Waals surface area contributed by atoms with Gasteiger partial charge in [-0.1, -0.05) is 0 Å². The molecule has 0 saturated heterocycles. The van der Waals surface area contributed by atoms with Crippen molar-refractivity contribution in [2.45, 2.75) is 50.8 Å². The molecule has 5 nitrogen and oxygen atoms in total. The van der Waals surface area contributed by atoms with E-state index in [2.05, 4.69) is 24.3 Å². The zero-order valence-electron chi connectivity index (χ0n) is 15.1. The maximum Gasteiger partial charge on any atom is 0.237 e. The van der Waals surface area contributed by atoms with Gasteiger partial charge in [0.1, 0.15) is 5.75 Å². The van der Waals surface area contributed by atoms with Gasteiger partial charge in [0.2, 0.25) is 5.91 Å². The number of rotatable bonds is 6. The molecule has 2 aromatic rings. The van der Waals surface area contributed by atoms with Gasteiger partial charge < -0.3 is 10.1 Å². The van der Waals surface area contributed by atoms with Crippen LogP contribution < -0.4 is 10.1 Å². The van der Waals surface area contributed by atoms with Crippen LogP contribution in [0, 0.1) is 13.8 Å². The van der Waals surface area contributed by atoms with E-state index in [1.54, 1.807) is 7.11 Å². The highest BCUT2D eigenvalue weighted by Gasteiger charge is 2.20. The number of nitrogens with zero attached hydrogens (tertiary/aromatic N) is 2. The highest BCUT2D eigenvalue weighted by molar-refractivity contribution is 8.00. The average molecular weight is 347 g/mol. The predicted octanol–water partition coefficient (Wildman–Crippen LogP) is 4.21. The minimum Gasteiger partial charge on any atom is -0.497 e. The zero-order valence-corrected chi connectivity index (χ0v) is 15.9. The van der Waals surface area contributed by atoms with Crippen LogP contribution in [0.3, 0.4) is 0 Å². The van der Waals surface area contributed by atoms with Crippen LogP contribution in [0.2, 0.25) is 0 Å². The van der Waals surface area contributed by atoms with Crippen LogP contribution in [0.15, 0.2) is 29.2 Å². The topological polar surface area (TPSA) is 56.1 Å². The number of amides is 1. The van der Waals surface area contributed by atoms with Crippen molar-refractivity contribution in [1.82, 2.24) is 9.78 Å². The first kappa shape index (κ1) is 18.4. The first-order chi connectivity index (χ1) is 11.3. The summed E-state index contributed by atoms with van der Waals surface area (Å²) in [6.45, 7) is 9.96. The van der Waals surface area contributed by atoms with E-state index >= 15 is 0 Å². The van der Waals surface area contributed by atoms with Gasteiger partial charge in [0.15, 0.2) is 0 Å². The molecule has 1 N–H and O–H groups in total. The Morgan fingerprint density at radius 2 is 1.83 bits per heavy atom. The highest BCUT2D eigenvalue weighted by Crippen LogP contribution is 2.28. The second-order valence-electron chi connectivity index (χ2n) is 6.01. The molecule has 1 amide bonds. The summed E-state index contributed by atoms with van der Waals surface area (Å²) in [5.74, 6) is 0.786. The average Bonchev–Trinajstić information content (AvgIpc) is 2.83. The van der Waals surface area contributed by atoms with Crippen LogP contribution >= 0.6 is 11.8 Å². The lowest BCUT2D eigenvalue weighted by molar-refractivity contribution is -0.115. The lowest BCUT2D eigenvalue weighted by Gasteiger charge is -2.13. The lowest BCUT2D eigenvalue weighted by Crippen LogP contribution is -2.23. The first-order valence-electron chi connectivity index (χ1n) is 8.00. The van der Waals surface area contributed by atoms with Gasteiger partial charge in [-0.15, -0.1) is 11.8 Å². The van der Waals surface area contributed by atoms with Crippen molar-refractivity contribution in [3.63, 3.8) is 0 Å². The van der Waals surface area contributed by atoms with Crippen molar-refractivity contribution >= 4 is 23.4 Å². The van der Waals surface area contributed by atoms with E-state index in [1.165, 1.54) is 11.8 Å². The summed E-state index contributed by atoms with van der Waals surface area (Å²) in [4.78, 5) is 13.6. The molecule has 2 rings (SSSR count). The van der Waals surface area contributed by atoms with Crippen molar-refractivity contribution in [2.75, 3.05) is 12.4 Å². The number of carbonyl (C=O) groups excluding carboxylic acids is 1. The summed E-state index contributed by atoms with van der Waals surface area (Å²) in [6.07, 6.45) is 0. The smallest absolute Gasteiger partial charge is 0.237 e. The molecule has 0 aliphatic rings. The molecule has 0 fully saturated rings. The summed E-state index contributed by atoms with van der Waals surface area (Å²) >= 11 is 1.52. The number of nitrogens with one attached hydrogen (secondary N) is 1. The molecule has 24 heavy (non-hydrogen) atoms. The number of anilines is 1. The third kappa shape index (κ3) is 4.12. The number of thioether (sulfide) groups is 1. The Hall–Kier alpha value is -1.95. The van der Waals surface area contributed by atoms with Crippen LogP contribution in [0.5, 0.6) is 5.75 Å². The van der Waals surface area contributed by atoms with Crippen LogP contribution in [0.25, 0.3) is 0 Å². The van der Waals surface area contributed by atoms with E-state index in [0.717, 1.165) is 27.7 Å². The third-order valence-corrected chi connectivity index (χ3v) is 4.92. The van der Waals surface area contributed by atoms with Gasteiger partial charge in [0, 0.05) is 10.9 Å². The molecule has 0 spiro atoms. The monoisotopic (exact) mass is 347 g/mol. The molecule has 6 heteroatoms. The molecule has 130 valence electrons. The number of aryl methyl sites for hydroxylation is 1. The largest absolute Gasteiger partial charge is 0.497 e. The minimum atomic E-state index is -0.209. The van der Waals surface area contributed by atoms with Gasteiger partial charge in [-0.05, 0) is 58.9 Å². The lowest BCUT2D eigenvalue weighted by atomic mass is 10.3. The summed E-state index contributed by atoms with van der Waals surface area (Å²) in [5, 5.41) is 7.33. The molecular weight excluding hydrogens is 322 g/mol. The number of hydrogen-bond donors (Lipinski definition) is 1. The molecule has 1 atom stereocenters. The third-order valence-electron chi connectivity index (χ3n) is 3.80. The van der Waals surface area contributed by atoms with E-state index in [1.807, 2.05) is 49.7 Å². The summed E-state index contributed by atoms with van der Waals surface area (Å²) in [6, 6.07) is 7.98.